The van der Waals surface area contributed by atoms with Gasteiger partial charge < -0.3 is 10.1 Å². The van der Waals surface area contributed by atoms with Crippen LogP contribution in [0.25, 0.3) is 0 Å². The molecular formula is C16H23NO. The first-order valence-corrected chi connectivity index (χ1v) is 7.10. The second-order valence-electron chi connectivity index (χ2n) is 6.18. The molecule has 0 amide bonds. The SMILES string of the molecule is COc1cccc(C2(CNC3CC3)CC(C)C2)c1. The molecule has 0 aliphatic heterocycles. The van der Waals surface area contributed by atoms with E-state index < -0.39 is 0 Å². The highest BCUT2D eigenvalue weighted by molar-refractivity contribution is 5.36. The summed E-state index contributed by atoms with van der Waals surface area (Å²) in [5.41, 5.74) is 1.81. The normalized spacial score (nSPS) is 30.9. The summed E-state index contributed by atoms with van der Waals surface area (Å²) in [4.78, 5) is 0. The average molecular weight is 245 g/mol. The fraction of sp³-hybridized carbons (Fsp3) is 0.625. The van der Waals surface area contributed by atoms with Crippen LogP contribution in [0, 0.1) is 5.92 Å². The van der Waals surface area contributed by atoms with Gasteiger partial charge in [0.25, 0.3) is 0 Å². The third-order valence-electron chi connectivity index (χ3n) is 4.47. The van der Waals surface area contributed by atoms with Crippen LogP contribution in [-0.4, -0.2) is 19.7 Å². The first-order valence-electron chi connectivity index (χ1n) is 7.10. The van der Waals surface area contributed by atoms with E-state index in [4.69, 9.17) is 4.74 Å². The third kappa shape index (κ3) is 2.26. The fourth-order valence-corrected chi connectivity index (χ4v) is 3.34. The molecule has 18 heavy (non-hydrogen) atoms. The summed E-state index contributed by atoms with van der Waals surface area (Å²) in [6.07, 6.45) is 5.34. The molecular weight excluding hydrogens is 222 g/mol. The van der Waals surface area contributed by atoms with Gasteiger partial charge in [0.05, 0.1) is 7.11 Å². The molecule has 1 N–H and O–H groups in total. The lowest BCUT2D eigenvalue weighted by atomic mass is 9.59. The third-order valence-corrected chi connectivity index (χ3v) is 4.47. The molecule has 2 nitrogen and oxygen atoms in total. The van der Waals surface area contributed by atoms with Crippen LogP contribution in [0.4, 0.5) is 0 Å². The number of ether oxygens (including phenoxy) is 1. The van der Waals surface area contributed by atoms with Crippen molar-refractivity contribution in [2.75, 3.05) is 13.7 Å². The molecule has 0 saturated heterocycles. The lowest BCUT2D eigenvalue weighted by Gasteiger charge is -2.47. The van der Waals surface area contributed by atoms with Gasteiger partial charge in [-0.25, -0.2) is 0 Å². The lowest BCUT2D eigenvalue weighted by molar-refractivity contribution is 0.151. The number of hydrogen-bond donors (Lipinski definition) is 1. The molecule has 0 unspecified atom stereocenters. The van der Waals surface area contributed by atoms with Gasteiger partial charge in [-0.2, -0.15) is 0 Å². The number of rotatable bonds is 5. The molecule has 3 rings (SSSR count). The van der Waals surface area contributed by atoms with Crippen LogP contribution in [0.2, 0.25) is 0 Å². The molecule has 2 fully saturated rings. The van der Waals surface area contributed by atoms with Crippen molar-refractivity contribution >= 4 is 0 Å². The predicted molar refractivity (Wildman–Crippen MR) is 74.1 cm³/mol. The van der Waals surface area contributed by atoms with Crippen molar-refractivity contribution in [2.45, 2.75) is 44.1 Å². The highest BCUT2D eigenvalue weighted by Crippen LogP contribution is 2.48. The van der Waals surface area contributed by atoms with Gasteiger partial charge in [-0.3, -0.25) is 0 Å². The molecule has 98 valence electrons. The second-order valence-corrected chi connectivity index (χ2v) is 6.18. The fourth-order valence-electron chi connectivity index (χ4n) is 3.34. The van der Waals surface area contributed by atoms with Crippen LogP contribution in [0.1, 0.15) is 38.2 Å². The summed E-state index contributed by atoms with van der Waals surface area (Å²) in [6.45, 7) is 3.49. The Bertz CT molecular complexity index is 419. The number of nitrogens with one attached hydrogen (secondary N) is 1. The first-order chi connectivity index (χ1) is 8.72. The molecule has 0 spiro atoms. The molecule has 2 heteroatoms. The molecule has 0 radical (unpaired) electrons. The average Bonchev–Trinajstić information content (AvgIpc) is 3.17. The zero-order valence-electron chi connectivity index (χ0n) is 11.4. The van der Waals surface area contributed by atoms with Gasteiger partial charge in [-0.15, -0.1) is 0 Å². The van der Waals surface area contributed by atoms with Crippen molar-refractivity contribution in [2.24, 2.45) is 5.92 Å². The summed E-state index contributed by atoms with van der Waals surface area (Å²) >= 11 is 0. The van der Waals surface area contributed by atoms with Crippen molar-refractivity contribution in [3.63, 3.8) is 0 Å². The van der Waals surface area contributed by atoms with Crippen LogP contribution in [0.15, 0.2) is 24.3 Å². The van der Waals surface area contributed by atoms with E-state index in [9.17, 15) is 0 Å². The van der Waals surface area contributed by atoms with Crippen LogP contribution in [0.3, 0.4) is 0 Å². The smallest absolute Gasteiger partial charge is 0.119 e. The van der Waals surface area contributed by atoms with E-state index in [-0.39, 0.29) is 0 Å². The summed E-state index contributed by atoms with van der Waals surface area (Å²) < 4.78 is 5.36. The Morgan fingerprint density at radius 3 is 2.72 bits per heavy atom. The van der Waals surface area contributed by atoms with E-state index in [2.05, 4.69) is 30.4 Å². The number of methoxy groups -OCH3 is 1. The quantitative estimate of drug-likeness (QED) is 0.860. The molecule has 0 heterocycles. The minimum Gasteiger partial charge on any atom is -0.497 e. The lowest BCUT2D eigenvalue weighted by Crippen LogP contribution is -2.48. The van der Waals surface area contributed by atoms with Gasteiger partial charge in [0.1, 0.15) is 5.75 Å². The molecule has 1 aromatic carbocycles. The minimum absolute atomic E-state index is 0.358. The summed E-state index contributed by atoms with van der Waals surface area (Å²) in [6, 6.07) is 9.44. The Morgan fingerprint density at radius 2 is 2.11 bits per heavy atom. The molecule has 2 aliphatic carbocycles. The van der Waals surface area contributed by atoms with E-state index in [1.54, 1.807) is 7.11 Å². The zero-order chi connectivity index (χ0) is 12.6. The maximum Gasteiger partial charge on any atom is 0.119 e. The summed E-state index contributed by atoms with van der Waals surface area (Å²) in [5.74, 6) is 1.84. The van der Waals surface area contributed by atoms with Crippen molar-refractivity contribution in [3.8, 4) is 5.75 Å². The Hall–Kier alpha value is -1.02. The van der Waals surface area contributed by atoms with Gasteiger partial charge in [-0.1, -0.05) is 19.1 Å². The van der Waals surface area contributed by atoms with Gasteiger partial charge in [-0.05, 0) is 49.3 Å². The number of hydrogen-bond acceptors (Lipinski definition) is 2. The molecule has 2 saturated carbocycles. The molecule has 0 atom stereocenters. The highest BCUT2D eigenvalue weighted by Gasteiger charge is 2.44. The van der Waals surface area contributed by atoms with E-state index in [0.29, 0.717) is 5.41 Å². The van der Waals surface area contributed by atoms with E-state index >= 15 is 0 Å². The van der Waals surface area contributed by atoms with E-state index in [0.717, 1.165) is 24.3 Å². The zero-order valence-corrected chi connectivity index (χ0v) is 11.4. The molecule has 1 aromatic rings. The Morgan fingerprint density at radius 1 is 1.33 bits per heavy atom. The maximum absolute atomic E-state index is 5.36. The van der Waals surface area contributed by atoms with Crippen LogP contribution < -0.4 is 10.1 Å². The minimum atomic E-state index is 0.358. The van der Waals surface area contributed by atoms with Gasteiger partial charge in [0, 0.05) is 18.0 Å². The van der Waals surface area contributed by atoms with Crippen molar-refractivity contribution < 1.29 is 4.74 Å². The van der Waals surface area contributed by atoms with Crippen LogP contribution in [0.5, 0.6) is 5.75 Å². The molecule has 0 bridgehead atoms. The largest absolute Gasteiger partial charge is 0.497 e. The van der Waals surface area contributed by atoms with E-state index in [1.807, 2.05) is 6.07 Å². The van der Waals surface area contributed by atoms with Gasteiger partial charge in [0.2, 0.25) is 0 Å². The van der Waals surface area contributed by atoms with Crippen molar-refractivity contribution in [1.82, 2.24) is 5.32 Å². The second kappa shape index (κ2) is 4.58. The topological polar surface area (TPSA) is 21.3 Å². The van der Waals surface area contributed by atoms with Gasteiger partial charge in [0.15, 0.2) is 0 Å². The molecule has 2 aliphatic rings. The summed E-state index contributed by atoms with van der Waals surface area (Å²) in [5, 5.41) is 3.72. The maximum atomic E-state index is 5.36. The standard InChI is InChI=1S/C16H23NO/c1-12-9-16(10-12,11-17-14-6-7-14)13-4-3-5-15(8-13)18-2/h3-5,8,12,14,17H,6-7,9-11H2,1-2H3. The Balaban J connectivity index is 1.78. The Kier molecular flexibility index (Phi) is 3.06. The first kappa shape index (κ1) is 12.0. The van der Waals surface area contributed by atoms with Crippen LogP contribution in [-0.2, 0) is 5.41 Å². The Labute approximate surface area is 110 Å². The van der Waals surface area contributed by atoms with Crippen LogP contribution >= 0.6 is 0 Å². The predicted octanol–water partition coefficient (Wildman–Crippen LogP) is 3.11. The van der Waals surface area contributed by atoms with Gasteiger partial charge >= 0.3 is 0 Å². The summed E-state index contributed by atoms with van der Waals surface area (Å²) in [7, 11) is 1.75. The van der Waals surface area contributed by atoms with E-state index in [1.165, 1.54) is 31.2 Å². The van der Waals surface area contributed by atoms with Crippen molar-refractivity contribution in [3.05, 3.63) is 29.8 Å². The number of benzene rings is 1. The highest BCUT2D eigenvalue weighted by atomic mass is 16.5. The monoisotopic (exact) mass is 245 g/mol. The van der Waals surface area contributed by atoms with Crippen molar-refractivity contribution in [1.29, 1.82) is 0 Å². The molecule has 0 aromatic heterocycles.